The van der Waals surface area contributed by atoms with E-state index in [2.05, 4.69) is 13.8 Å². The van der Waals surface area contributed by atoms with Crippen molar-refractivity contribution in [2.24, 2.45) is 0 Å². The van der Waals surface area contributed by atoms with Crippen LogP contribution in [0.2, 0.25) is 0 Å². The molecule has 1 atom stereocenters. The standard InChI is InChI=1S/C37H49FO5/c1-4-6-8-10-12-14-16-26-41-32-21-17-29(18-22-32)35(39)42-33-23-19-31-28-34(24-20-30(31)27-33)43-36(40)37(3,38)25-15-13-11-9-7-5-2/h17-24,27-28H,4-16,25-26H2,1-3H3. The van der Waals surface area contributed by atoms with Gasteiger partial charge in [-0.25, -0.2) is 14.0 Å². The van der Waals surface area contributed by atoms with Crippen LogP contribution in [0.5, 0.6) is 17.2 Å². The summed E-state index contributed by atoms with van der Waals surface area (Å²) >= 11 is 0. The van der Waals surface area contributed by atoms with E-state index >= 15 is 0 Å². The molecule has 0 spiro atoms. The molecule has 234 valence electrons. The van der Waals surface area contributed by atoms with Crippen LogP contribution < -0.4 is 14.2 Å². The molecule has 0 amide bonds. The number of alkyl halides is 1. The first-order valence-electron chi connectivity index (χ1n) is 16.2. The summed E-state index contributed by atoms with van der Waals surface area (Å²) in [5.41, 5.74) is -1.60. The fourth-order valence-electron chi connectivity index (χ4n) is 4.98. The van der Waals surface area contributed by atoms with Crippen molar-refractivity contribution in [1.29, 1.82) is 0 Å². The first kappa shape index (κ1) is 34.1. The van der Waals surface area contributed by atoms with Gasteiger partial charge in [-0.3, -0.25) is 0 Å². The number of carbonyl (C=O) groups is 2. The highest BCUT2D eigenvalue weighted by Gasteiger charge is 2.34. The van der Waals surface area contributed by atoms with Crippen molar-refractivity contribution in [3.05, 3.63) is 66.2 Å². The number of rotatable bonds is 20. The van der Waals surface area contributed by atoms with Gasteiger partial charge in [0.2, 0.25) is 5.67 Å². The molecule has 0 bridgehead atoms. The quantitative estimate of drug-likeness (QED) is 0.0742. The topological polar surface area (TPSA) is 61.8 Å². The van der Waals surface area contributed by atoms with Crippen LogP contribution in [0.4, 0.5) is 4.39 Å². The highest BCUT2D eigenvalue weighted by atomic mass is 19.1. The van der Waals surface area contributed by atoms with Gasteiger partial charge in [0.15, 0.2) is 0 Å². The van der Waals surface area contributed by atoms with E-state index in [1.54, 1.807) is 60.7 Å². The van der Waals surface area contributed by atoms with E-state index in [1.165, 1.54) is 51.9 Å². The molecule has 0 aliphatic heterocycles. The van der Waals surface area contributed by atoms with Gasteiger partial charge in [0.25, 0.3) is 0 Å². The Morgan fingerprint density at radius 2 is 1.12 bits per heavy atom. The zero-order valence-electron chi connectivity index (χ0n) is 26.3. The number of fused-ring (bicyclic) bond motifs is 1. The maximum Gasteiger partial charge on any atom is 0.348 e. The van der Waals surface area contributed by atoms with Crippen LogP contribution in [-0.2, 0) is 4.79 Å². The predicted octanol–water partition coefficient (Wildman–Crippen LogP) is 10.6. The zero-order valence-corrected chi connectivity index (χ0v) is 26.3. The molecule has 0 aromatic heterocycles. The van der Waals surface area contributed by atoms with Crippen LogP contribution in [0.15, 0.2) is 60.7 Å². The third-order valence-corrected chi connectivity index (χ3v) is 7.74. The Hall–Kier alpha value is -3.41. The average Bonchev–Trinajstić information content (AvgIpc) is 3.00. The van der Waals surface area contributed by atoms with E-state index in [0.29, 0.717) is 24.3 Å². The Labute approximate surface area is 257 Å². The molecule has 3 rings (SSSR count). The molecular weight excluding hydrogens is 543 g/mol. The first-order valence-corrected chi connectivity index (χ1v) is 16.2. The number of halogens is 1. The third kappa shape index (κ3) is 12.0. The monoisotopic (exact) mass is 592 g/mol. The summed E-state index contributed by atoms with van der Waals surface area (Å²) in [5.74, 6) is 0.0802. The van der Waals surface area contributed by atoms with Gasteiger partial charge in [-0.1, -0.05) is 96.6 Å². The highest BCUT2D eigenvalue weighted by Crippen LogP contribution is 2.28. The second-order valence-corrected chi connectivity index (χ2v) is 11.7. The largest absolute Gasteiger partial charge is 0.494 e. The van der Waals surface area contributed by atoms with E-state index in [-0.39, 0.29) is 12.2 Å². The minimum Gasteiger partial charge on any atom is -0.494 e. The lowest BCUT2D eigenvalue weighted by Crippen LogP contribution is -2.34. The molecule has 43 heavy (non-hydrogen) atoms. The number of hydrogen-bond donors (Lipinski definition) is 0. The highest BCUT2D eigenvalue weighted by molar-refractivity contribution is 5.92. The van der Waals surface area contributed by atoms with Crippen LogP contribution in [0.25, 0.3) is 10.8 Å². The molecule has 0 saturated heterocycles. The van der Waals surface area contributed by atoms with Crippen molar-refractivity contribution >= 4 is 22.7 Å². The summed E-state index contributed by atoms with van der Waals surface area (Å²) in [6.07, 6.45) is 14.9. The Bertz CT molecular complexity index is 1270. The fourth-order valence-corrected chi connectivity index (χ4v) is 4.98. The molecule has 3 aromatic rings. The Kier molecular flexibility index (Phi) is 14.5. The zero-order chi connectivity index (χ0) is 30.9. The molecule has 0 aliphatic rings. The SMILES string of the molecule is CCCCCCCCCOc1ccc(C(=O)Oc2ccc3cc(OC(=O)C(C)(F)CCCCCCCC)ccc3c2)cc1. The summed E-state index contributed by atoms with van der Waals surface area (Å²) in [4.78, 5) is 25.2. The molecule has 0 N–H and O–H groups in total. The number of ether oxygens (including phenoxy) is 3. The maximum atomic E-state index is 15.0. The number of unbranched alkanes of at least 4 members (excludes halogenated alkanes) is 11. The van der Waals surface area contributed by atoms with Gasteiger partial charge in [-0.05, 0) is 85.5 Å². The van der Waals surface area contributed by atoms with E-state index in [9.17, 15) is 14.0 Å². The Balaban J connectivity index is 1.46. The molecule has 3 aromatic carbocycles. The molecule has 0 radical (unpaired) electrons. The minimum absolute atomic E-state index is 0.148. The Morgan fingerprint density at radius 3 is 1.70 bits per heavy atom. The molecule has 0 fully saturated rings. The number of esters is 2. The summed E-state index contributed by atoms with van der Waals surface area (Å²) in [7, 11) is 0. The molecule has 0 heterocycles. The second kappa shape index (κ2) is 18.3. The van der Waals surface area contributed by atoms with Gasteiger partial charge in [0.1, 0.15) is 17.2 Å². The molecule has 6 heteroatoms. The van der Waals surface area contributed by atoms with Gasteiger partial charge in [0.05, 0.1) is 12.2 Å². The van der Waals surface area contributed by atoms with Crippen molar-refractivity contribution in [2.75, 3.05) is 6.61 Å². The van der Waals surface area contributed by atoms with Crippen molar-refractivity contribution in [3.63, 3.8) is 0 Å². The minimum atomic E-state index is -2.03. The van der Waals surface area contributed by atoms with E-state index in [0.717, 1.165) is 48.6 Å². The summed E-state index contributed by atoms with van der Waals surface area (Å²) in [6, 6.07) is 17.3. The van der Waals surface area contributed by atoms with Gasteiger partial charge in [-0.15, -0.1) is 0 Å². The molecule has 5 nitrogen and oxygen atoms in total. The molecule has 0 saturated carbocycles. The van der Waals surface area contributed by atoms with E-state index in [1.807, 2.05) is 0 Å². The van der Waals surface area contributed by atoms with Crippen molar-refractivity contribution in [1.82, 2.24) is 0 Å². The van der Waals surface area contributed by atoms with Crippen LogP contribution in [0.3, 0.4) is 0 Å². The smallest absolute Gasteiger partial charge is 0.348 e. The molecule has 0 aliphatic carbocycles. The van der Waals surface area contributed by atoms with Crippen molar-refractivity contribution in [2.45, 2.75) is 116 Å². The Morgan fingerprint density at radius 1 is 0.628 bits per heavy atom. The average molecular weight is 593 g/mol. The first-order chi connectivity index (χ1) is 20.8. The van der Waals surface area contributed by atoms with Crippen LogP contribution in [-0.4, -0.2) is 24.2 Å². The second-order valence-electron chi connectivity index (χ2n) is 11.7. The van der Waals surface area contributed by atoms with E-state index in [4.69, 9.17) is 14.2 Å². The van der Waals surface area contributed by atoms with Gasteiger partial charge >= 0.3 is 11.9 Å². The van der Waals surface area contributed by atoms with E-state index < -0.39 is 17.6 Å². The van der Waals surface area contributed by atoms with Crippen molar-refractivity contribution < 1.29 is 28.2 Å². The molecular formula is C37H49FO5. The van der Waals surface area contributed by atoms with Gasteiger partial charge in [0, 0.05) is 0 Å². The normalized spacial score (nSPS) is 12.6. The summed E-state index contributed by atoms with van der Waals surface area (Å²) in [6.45, 7) is 6.34. The van der Waals surface area contributed by atoms with Crippen LogP contribution in [0.1, 0.15) is 121 Å². The summed E-state index contributed by atoms with van der Waals surface area (Å²) in [5, 5.41) is 1.58. The van der Waals surface area contributed by atoms with Crippen molar-refractivity contribution in [3.8, 4) is 17.2 Å². The molecule has 1 unspecified atom stereocenters. The number of carbonyl (C=O) groups excluding carboxylic acids is 2. The number of benzene rings is 3. The lowest BCUT2D eigenvalue weighted by Gasteiger charge is -2.18. The number of hydrogen-bond acceptors (Lipinski definition) is 5. The van der Waals surface area contributed by atoms with Gasteiger partial charge in [-0.2, -0.15) is 0 Å². The summed E-state index contributed by atoms with van der Waals surface area (Å²) < 4.78 is 31.8. The third-order valence-electron chi connectivity index (χ3n) is 7.74. The fraction of sp³-hybridized carbons (Fsp3) is 0.514. The lowest BCUT2D eigenvalue weighted by atomic mass is 9.99. The maximum absolute atomic E-state index is 15.0. The predicted molar refractivity (Wildman–Crippen MR) is 172 cm³/mol. The van der Waals surface area contributed by atoms with Crippen LogP contribution >= 0.6 is 0 Å². The lowest BCUT2D eigenvalue weighted by molar-refractivity contribution is -0.147. The van der Waals surface area contributed by atoms with Gasteiger partial charge < -0.3 is 14.2 Å². The van der Waals surface area contributed by atoms with Crippen LogP contribution in [0, 0.1) is 0 Å².